The Balaban J connectivity index is 1.43. The molecule has 0 unspecified atom stereocenters. The zero-order valence-electron chi connectivity index (χ0n) is 20.1. The lowest BCUT2D eigenvalue weighted by Gasteiger charge is -2.56. The van der Waals surface area contributed by atoms with Crippen molar-refractivity contribution >= 4 is 17.8 Å². The van der Waals surface area contributed by atoms with E-state index < -0.39 is 0 Å². The SMILES string of the molecule is CC(=O)O[C@@H]1CC[C@@]2(C)C(=CC[C@@H]3[C@H]4C/C(=C\c5cn(C)nc5C)C(=O)[C@]4(C)CC[C@H]32)C1. The molecule has 1 aromatic heterocycles. The number of fused-ring (bicyclic) bond motifs is 5. The monoisotopic (exact) mass is 436 g/mol. The highest BCUT2D eigenvalue weighted by Crippen LogP contribution is 2.64. The summed E-state index contributed by atoms with van der Waals surface area (Å²) in [5.41, 5.74) is 4.47. The molecule has 6 atom stereocenters. The van der Waals surface area contributed by atoms with Gasteiger partial charge in [0, 0.05) is 37.6 Å². The van der Waals surface area contributed by atoms with Gasteiger partial charge in [0.1, 0.15) is 6.10 Å². The fourth-order valence-electron chi connectivity index (χ4n) is 7.71. The van der Waals surface area contributed by atoms with Gasteiger partial charge in [0.2, 0.25) is 0 Å². The molecule has 0 aromatic carbocycles. The van der Waals surface area contributed by atoms with Crippen LogP contribution in [0.5, 0.6) is 0 Å². The van der Waals surface area contributed by atoms with Gasteiger partial charge in [0.05, 0.1) is 5.69 Å². The Labute approximate surface area is 191 Å². The molecule has 1 aromatic rings. The number of carbonyl (C=O) groups excluding carboxylic acids is 2. The van der Waals surface area contributed by atoms with E-state index in [4.69, 9.17) is 4.74 Å². The summed E-state index contributed by atoms with van der Waals surface area (Å²) in [6.07, 6.45) is 13.5. The van der Waals surface area contributed by atoms with Crippen molar-refractivity contribution in [2.45, 2.75) is 78.7 Å². The van der Waals surface area contributed by atoms with Crippen LogP contribution in [0.1, 0.15) is 77.0 Å². The van der Waals surface area contributed by atoms with Crippen molar-refractivity contribution < 1.29 is 14.3 Å². The summed E-state index contributed by atoms with van der Waals surface area (Å²) in [4.78, 5) is 25.1. The summed E-state index contributed by atoms with van der Waals surface area (Å²) < 4.78 is 7.39. The summed E-state index contributed by atoms with van der Waals surface area (Å²) in [5.74, 6) is 1.78. The molecular formula is C27H36N2O3. The number of esters is 1. The standard InChI is InChI=1S/C27H36N2O3/c1-16-19(15-29(5)28-16)12-18-13-24-22-7-6-20-14-21(32-17(2)30)8-10-26(20,3)23(22)9-11-27(24,4)25(18)31/h6,12,15,21-24H,7-11,13-14H2,1-5H3/b18-12+/t21-,22+,23-,24-,26+,27-/m1/s1. The van der Waals surface area contributed by atoms with Gasteiger partial charge in [-0.15, -0.1) is 0 Å². The molecule has 0 spiro atoms. The normalized spacial score (nSPS) is 39.8. The van der Waals surface area contributed by atoms with Crippen LogP contribution >= 0.6 is 0 Å². The van der Waals surface area contributed by atoms with Crippen LogP contribution in [0.15, 0.2) is 23.4 Å². The molecule has 1 heterocycles. The van der Waals surface area contributed by atoms with Crippen molar-refractivity contribution in [1.29, 1.82) is 0 Å². The fourth-order valence-corrected chi connectivity index (χ4v) is 7.71. The van der Waals surface area contributed by atoms with Crippen LogP contribution in [0.2, 0.25) is 0 Å². The minimum absolute atomic E-state index is 0.0301. The number of rotatable bonds is 2. The van der Waals surface area contributed by atoms with Crippen molar-refractivity contribution in [3.05, 3.63) is 34.7 Å². The first kappa shape index (κ1) is 21.7. The average molecular weight is 437 g/mol. The number of nitrogens with zero attached hydrogens (tertiary/aromatic N) is 2. The Kier molecular flexibility index (Phi) is 5.03. The Bertz CT molecular complexity index is 1030. The first-order valence-corrected chi connectivity index (χ1v) is 12.2. The van der Waals surface area contributed by atoms with Crippen LogP contribution in [0.3, 0.4) is 0 Å². The Morgan fingerprint density at radius 3 is 2.62 bits per heavy atom. The van der Waals surface area contributed by atoms with Gasteiger partial charge in [0.15, 0.2) is 5.78 Å². The highest BCUT2D eigenvalue weighted by atomic mass is 16.5. The largest absolute Gasteiger partial charge is 0.462 e. The molecule has 5 nitrogen and oxygen atoms in total. The number of allylic oxidation sites excluding steroid dienone is 2. The average Bonchev–Trinajstić information content (AvgIpc) is 3.17. The highest BCUT2D eigenvalue weighted by molar-refractivity contribution is 6.06. The molecular weight excluding hydrogens is 400 g/mol. The zero-order chi connectivity index (χ0) is 22.8. The van der Waals surface area contributed by atoms with Crippen molar-refractivity contribution in [3.63, 3.8) is 0 Å². The van der Waals surface area contributed by atoms with E-state index in [9.17, 15) is 9.59 Å². The van der Waals surface area contributed by atoms with Crippen LogP contribution in [0, 0.1) is 35.5 Å². The molecule has 4 aliphatic rings. The maximum atomic E-state index is 13.6. The first-order valence-electron chi connectivity index (χ1n) is 12.2. The van der Waals surface area contributed by atoms with Crippen LogP contribution in [0.25, 0.3) is 6.08 Å². The van der Waals surface area contributed by atoms with Gasteiger partial charge in [-0.05, 0) is 80.3 Å². The molecule has 0 N–H and O–H groups in total. The van der Waals surface area contributed by atoms with E-state index in [1.165, 1.54) is 12.5 Å². The lowest BCUT2D eigenvalue weighted by atomic mass is 9.48. The van der Waals surface area contributed by atoms with Gasteiger partial charge < -0.3 is 4.74 Å². The van der Waals surface area contributed by atoms with E-state index in [0.717, 1.165) is 61.8 Å². The number of hydrogen-bond donors (Lipinski definition) is 0. The maximum absolute atomic E-state index is 13.6. The lowest BCUT2D eigenvalue weighted by molar-refractivity contribution is -0.148. The van der Waals surface area contributed by atoms with Gasteiger partial charge in [-0.1, -0.05) is 25.5 Å². The third-order valence-corrected chi connectivity index (χ3v) is 9.41. The number of aryl methyl sites for hydroxylation is 2. The second kappa shape index (κ2) is 7.43. The lowest BCUT2D eigenvalue weighted by Crippen LogP contribution is -2.50. The maximum Gasteiger partial charge on any atom is 0.302 e. The summed E-state index contributed by atoms with van der Waals surface area (Å²) >= 11 is 0. The Morgan fingerprint density at radius 2 is 1.94 bits per heavy atom. The molecule has 3 fully saturated rings. The van der Waals surface area contributed by atoms with Crippen molar-refractivity contribution in [2.24, 2.45) is 35.6 Å². The van der Waals surface area contributed by atoms with Crippen LogP contribution in [-0.4, -0.2) is 27.6 Å². The number of ketones is 1. The predicted octanol–water partition coefficient (Wildman–Crippen LogP) is 5.19. The van der Waals surface area contributed by atoms with E-state index in [1.807, 2.05) is 24.9 Å². The molecule has 0 radical (unpaired) electrons. The van der Waals surface area contributed by atoms with Crippen LogP contribution < -0.4 is 0 Å². The highest BCUT2D eigenvalue weighted by Gasteiger charge is 2.60. The van der Waals surface area contributed by atoms with E-state index in [-0.39, 0.29) is 22.9 Å². The zero-order valence-corrected chi connectivity index (χ0v) is 20.1. The van der Waals surface area contributed by atoms with Gasteiger partial charge in [-0.3, -0.25) is 14.3 Å². The van der Waals surface area contributed by atoms with E-state index >= 15 is 0 Å². The molecule has 0 aliphatic heterocycles. The molecule has 5 heteroatoms. The summed E-state index contributed by atoms with van der Waals surface area (Å²) in [7, 11) is 1.93. The smallest absolute Gasteiger partial charge is 0.302 e. The number of ether oxygens (including phenoxy) is 1. The van der Waals surface area contributed by atoms with Crippen molar-refractivity contribution in [1.82, 2.24) is 9.78 Å². The van der Waals surface area contributed by atoms with Gasteiger partial charge in [-0.2, -0.15) is 5.10 Å². The van der Waals surface area contributed by atoms with Crippen LogP contribution in [-0.2, 0) is 21.4 Å². The second-order valence-corrected chi connectivity index (χ2v) is 11.2. The summed E-state index contributed by atoms with van der Waals surface area (Å²) in [6.45, 7) is 8.19. The molecule has 32 heavy (non-hydrogen) atoms. The Morgan fingerprint density at radius 1 is 1.19 bits per heavy atom. The predicted molar refractivity (Wildman–Crippen MR) is 124 cm³/mol. The van der Waals surface area contributed by atoms with Crippen molar-refractivity contribution in [3.8, 4) is 0 Å². The summed E-state index contributed by atoms with van der Waals surface area (Å²) in [6, 6.07) is 0. The molecule has 5 rings (SSSR count). The number of Topliss-reactive ketones (excluding diaryl/α,β-unsaturated/α-hetero) is 1. The number of carbonyl (C=O) groups is 2. The van der Waals surface area contributed by atoms with Crippen LogP contribution in [0.4, 0.5) is 0 Å². The van der Waals surface area contributed by atoms with Crippen molar-refractivity contribution in [2.75, 3.05) is 0 Å². The number of hydrogen-bond acceptors (Lipinski definition) is 4. The quantitative estimate of drug-likeness (QED) is 0.364. The molecule has 3 saturated carbocycles. The fraction of sp³-hybridized carbons (Fsp3) is 0.667. The minimum Gasteiger partial charge on any atom is -0.462 e. The third-order valence-electron chi connectivity index (χ3n) is 9.41. The molecule has 4 aliphatic carbocycles. The second-order valence-electron chi connectivity index (χ2n) is 11.2. The summed E-state index contributed by atoms with van der Waals surface area (Å²) in [5, 5.41) is 4.45. The van der Waals surface area contributed by atoms with E-state index in [0.29, 0.717) is 23.5 Å². The van der Waals surface area contributed by atoms with Gasteiger partial charge in [-0.25, -0.2) is 0 Å². The number of aromatic nitrogens is 2. The topological polar surface area (TPSA) is 61.2 Å². The molecule has 0 saturated heterocycles. The van der Waals surface area contributed by atoms with E-state index in [2.05, 4.69) is 31.1 Å². The van der Waals surface area contributed by atoms with E-state index in [1.54, 1.807) is 0 Å². The molecule has 0 amide bonds. The third kappa shape index (κ3) is 3.22. The van der Waals surface area contributed by atoms with Gasteiger partial charge >= 0.3 is 5.97 Å². The first-order chi connectivity index (χ1) is 15.1. The van der Waals surface area contributed by atoms with Gasteiger partial charge in [0.25, 0.3) is 0 Å². The Hall–Kier alpha value is -2.17. The molecule has 0 bridgehead atoms. The minimum atomic E-state index is -0.236. The molecule has 172 valence electrons.